The monoisotopic (exact) mass is 264 g/mol. The van der Waals surface area contributed by atoms with E-state index < -0.39 is 0 Å². The first-order valence-corrected chi connectivity index (χ1v) is 4.74. The third kappa shape index (κ3) is 1.64. The van der Waals surface area contributed by atoms with E-state index in [9.17, 15) is 0 Å². The van der Waals surface area contributed by atoms with Crippen molar-refractivity contribution in [1.29, 1.82) is 0 Å². The van der Waals surface area contributed by atoms with Crippen molar-refractivity contribution in [1.82, 2.24) is 0 Å². The second kappa shape index (κ2) is 2.93. The van der Waals surface area contributed by atoms with E-state index in [0.717, 1.165) is 12.8 Å². The highest BCUT2D eigenvalue weighted by Crippen LogP contribution is 2.33. The molecule has 0 amide bonds. The van der Waals surface area contributed by atoms with Crippen LogP contribution in [0.4, 0.5) is 0 Å². The molecule has 1 fully saturated rings. The van der Waals surface area contributed by atoms with Gasteiger partial charge < -0.3 is 0 Å². The molecule has 1 rings (SSSR count). The van der Waals surface area contributed by atoms with Crippen LogP contribution in [-0.4, -0.2) is 14.7 Å². The summed E-state index contributed by atoms with van der Waals surface area (Å²) in [6.45, 7) is 0. The van der Waals surface area contributed by atoms with Gasteiger partial charge in [-0.1, -0.05) is 22.6 Å². The molecule has 0 bridgehead atoms. The maximum Gasteiger partial charge on any atom is 0.0468 e. The molecule has 0 aromatic heterocycles. The highest BCUT2D eigenvalue weighted by Gasteiger charge is 2.29. The minimum Gasteiger partial charge on any atom is -0.123 e. The van der Waals surface area contributed by atoms with Gasteiger partial charge in [-0.3, -0.25) is 0 Å². The highest BCUT2D eigenvalue weighted by molar-refractivity contribution is 14.1. The molecule has 0 nitrogen and oxygen atoms in total. The lowest BCUT2D eigenvalue weighted by Gasteiger charge is -2.00. The summed E-state index contributed by atoms with van der Waals surface area (Å²) >= 11 is 14.0. The Labute approximate surface area is 73.1 Å². The fourth-order valence-corrected chi connectivity index (χ4v) is 2.88. The zero-order chi connectivity index (χ0) is 6.15. The first-order chi connectivity index (χ1) is 3.70. The lowest BCUT2D eigenvalue weighted by molar-refractivity contribution is 0.899. The van der Waals surface area contributed by atoms with Gasteiger partial charge in [0.05, 0.1) is 0 Å². The molecule has 0 N–H and O–H groups in total. The minimum absolute atomic E-state index is 0.318. The summed E-state index contributed by atoms with van der Waals surface area (Å²) in [6.07, 6.45) is 2.06. The average molecular weight is 265 g/mol. The molecule has 0 spiro atoms. The Balaban J connectivity index is 2.39. The van der Waals surface area contributed by atoms with Crippen LogP contribution in [0.25, 0.3) is 0 Å². The fraction of sp³-hybridized carbons (Fsp3) is 1.00. The fourth-order valence-electron chi connectivity index (χ4n) is 0.880. The predicted molar refractivity (Wildman–Crippen MR) is 46.3 cm³/mol. The van der Waals surface area contributed by atoms with Crippen molar-refractivity contribution < 1.29 is 0 Å². The van der Waals surface area contributed by atoms with Crippen LogP contribution in [0.1, 0.15) is 12.8 Å². The van der Waals surface area contributed by atoms with E-state index in [0.29, 0.717) is 14.7 Å². The topological polar surface area (TPSA) is 0 Å². The van der Waals surface area contributed by atoms with Crippen LogP contribution >= 0.6 is 45.8 Å². The van der Waals surface area contributed by atoms with Gasteiger partial charge in [0.1, 0.15) is 0 Å². The van der Waals surface area contributed by atoms with Crippen molar-refractivity contribution in [2.24, 2.45) is 0 Å². The number of rotatable bonds is 0. The largest absolute Gasteiger partial charge is 0.123 e. The molecule has 0 aliphatic heterocycles. The quantitative estimate of drug-likeness (QED) is 0.466. The maximum atomic E-state index is 5.87. The van der Waals surface area contributed by atoms with Gasteiger partial charge in [-0.05, 0) is 12.8 Å². The van der Waals surface area contributed by atoms with Crippen LogP contribution in [0.5, 0.6) is 0 Å². The Morgan fingerprint density at radius 3 is 2.00 bits per heavy atom. The first-order valence-electron chi connectivity index (χ1n) is 2.62. The van der Waals surface area contributed by atoms with E-state index >= 15 is 0 Å². The van der Waals surface area contributed by atoms with Gasteiger partial charge in [-0.2, -0.15) is 0 Å². The number of alkyl halides is 3. The summed E-state index contributed by atoms with van der Waals surface area (Å²) in [6, 6.07) is 0. The van der Waals surface area contributed by atoms with Crippen LogP contribution in [0.15, 0.2) is 0 Å². The Hall–Kier alpha value is 1.31. The van der Waals surface area contributed by atoms with Gasteiger partial charge >= 0.3 is 0 Å². The summed E-state index contributed by atoms with van der Waals surface area (Å²) in [5.41, 5.74) is 0. The van der Waals surface area contributed by atoms with Crippen LogP contribution in [-0.2, 0) is 0 Å². The van der Waals surface area contributed by atoms with Crippen molar-refractivity contribution in [2.45, 2.75) is 27.5 Å². The summed E-state index contributed by atoms with van der Waals surface area (Å²) in [5.74, 6) is 0. The number of hydrogen-bond acceptors (Lipinski definition) is 0. The summed E-state index contributed by atoms with van der Waals surface area (Å²) < 4.78 is 0.594. The molecule has 0 aromatic carbocycles. The van der Waals surface area contributed by atoms with Gasteiger partial charge in [-0.15, -0.1) is 23.2 Å². The summed E-state index contributed by atoms with van der Waals surface area (Å²) in [5, 5.41) is 0.650. The molecule has 3 heteroatoms. The van der Waals surface area contributed by atoms with Crippen molar-refractivity contribution >= 4 is 45.8 Å². The first kappa shape index (κ1) is 7.42. The highest BCUT2D eigenvalue weighted by atomic mass is 127. The Morgan fingerprint density at radius 1 is 1.25 bits per heavy atom. The lowest BCUT2D eigenvalue weighted by atomic mass is 10.4. The standard InChI is InChI=1S/C5H7Cl2I/c6-3-1-4(7)5(8)2-3/h3-5H,1-2H2. The smallest absolute Gasteiger partial charge is 0.0468 e. The van der Waals surface area contributed by atoms with Gasteiger partial charge in [0.25, 0.3) is 0 Å². The zero-order valence-electron chi connectivity index (χ0n) is 4.28. The number of halogens is 3. The zero-order valence-corrected chi connectivity index (χ0v) is 7.95. The Morgan fingerprint density at radius 2 is 1.88 bits per heavy atom. The predicted octanol–water partition coefficient (Wildman–Crippen LogP) is 2.80. The maximum absolute atomic E-state index is 5.87. The van der Waals surface area contributed by atoms with E-state index in [1.165, 1.54) is 0 Å². The van der Waals surface area contributed by atoms with E-state index in [1.54, 1.807) is 0 Å². The normalized spacial score (nSPS) is 47.6. The average Bonchev–Trinajstić information content (AvgIpc) is 1.85. The molecule has 0 aromatic rings. The minimum atomic E-state index is 0.318. The molecule has 1 aliphatic carbocycles. The van der Waals surface area contributed by atoms with Crippen LogP contribution in [0, 0.1) is 0 Å². The second-order valence-electron chi connectivity index (χ2n) is 2.10. The molecule has 1 aliphatic rings. The van der Waals surface area contributed by atoms with Gasteiger partial charge in [0.15, 0.2) is 0 Å². The molecule has 3 unspecified atom stereocenters. The van der Waals surface area contributed by atoms with Crippen molar-refractivity contribution in [3.05, 3.63) is 0 Å². The van der Waals surface area contributed by atoms with Crippen molar-refractivity contribution in [2.75, 3.05) is 0 Å². The van der Waals surface area contributed by atoms with Crippen LogP contribution in [0.2, 0.25) is 0 Å². The van der Waals surface area contributed by atoms with Gasteiger partial charge in [0, 0.05) is 14.7 Å². The van der Waals surface area contributed by atoms with E-state index in [2.05, 4.69) is 22.6 Å². The van der Waals surface area contributed by atoms with E-state index in [4.69, 9.17) is 23.2 Å². The third-order valence-corrected chi connectivity index (χ3v) is 3.99. The molecule has 1 saturated carbocycles. The summed E-state index contributed by atoms with van der Waals surface area (Å²) in [7, 11) is 0. The summed E-state index contributed by atoms with van der Waals surface area (Å²) in [4.78, 5) is 0. The molecule has 0 radical (unpaired) electrons. The molecule has 48 valence electrons. The van der Waals surface area contributed by atoms with Gasteiger partial charge in [0.2, 0.25) is 0 Å². The second-order valence-corrected chi connectivity index (χ2v) is 4.88. The van der Waals surface area contributed by atoms with Crippen molar-refractivity contribution in [3.8, 4) is 0 Å². The lowest BCUT2D eigenvalue weighted by Crippen LogP contribution is -2.02. The molecular formula is C5H7Cl2I. The molecular weight excluding hydrogens is 258 g/mol. The third-order valence-electron chi connectivity index (χ3n) is 1.35. The molecule has 8 heavy (non-hydrogen) atoms. The van der Waals surface area contributed by atoms with Crippen LogP contribution in [0.3, 0.4) is 0 Å². The van der Waals surface area contributed by atoms with E-state index in [-0.39, 0.29) is 0 Å². The molecule has 3 atom stereocenters. The SMILES string of the molecule is ClC1CC(Cl)C(I)C1. The Bertz CT molecular complexity index is 76.5. The number of hydrogen-bond donors (Lipinski definition) is 0. The van der Waals surface area contributed by atoms with Gasteiger partial charge in [-0.25, -0.2) is 0 Å². The van der Waals surface area contributed by atoms with Crippen molar-refractivity contribution in [3.63, 3.8) is 0 Å². The molecule has 0 saturated heterocycles. The van der Waals surface area contributed by atoms with Crippen LogP contribution < -0.4 is 0 Å². The van der Waals surface area contributed by atoms with E-state index in [1.807, 2.05) is 0 Å². The molecule has 0 heterocycles. The Kier molecular flexibility index (Phi) is 2.72.